The highest BCUT2D eigenvalue weighted by Gasteiger charge is 2.29. The number of carbonyl (C=O) groups excluding carboxylic acids is 2. The summed E-state index contributed by atoms with van der Waals surface area (Å²) in [6, 6.07) is 5.57. The Morgan fingerprint density at radius 3 is 2.70 bits per heavy atom. The Balaban J connectivity index is 1.78. The summed E-state index contributed by atoms with van der Waals surface area (Å²) in [5.41, 5.74) is 2.71. The van der Waals surface area contributed by atoms with Gasteiger partial charge in [-0.2, -0.15) is 0 Å². The van der Waals surface area contributed by atoms with Crippen LogP contribution >= 0.6 is 0 Å². The minimum absolute atomic E-state index is 0.0246. The van der Waals surface area contributed by atoms with E-state index >= 15 is 0 Å². The number of ether oxygens (including phenoxy) is 1. The first kappa shape index (κ1) is 17.5. The number of aryl methyl sites for hydroxylation is 1. The number of hydrogen-bond donors (Lipinski definition) is 1. The van der Waals surface area contributed by atoms with Crippen molar-refractivity contribution in [3.05, 3.63) is 29.3 Å². The molecule has 1 aromatic rings. The third kappa shape index (κ3) is 5.06. The molecule has 0 spiro atoms. The number of anilines is 1. The largest absolute Gasteiger partial charge is 0.456 e. The van der Waals surface area contributed by atoms with Crippen LogP contribution in [-0.2, 0) is 24.2 Å². The van der Waals surface area contributed by atoms with Crippen LogP contribution in [0.1, 0.15) is 24.0 Å². The number of hydrogen-bond acceptors (Lipinski definition) is 5. The molecular formula is C16H21NO5S. The van der Waals surface area contributed by atoms with Crippen molar-refractivity contribution >= 4 is 27.4 Å². The zero-order valence-corrected chi connectivity index (χ0v) is 14.1. The zero-order chi connectivity index (χ0) is 17.0. The highest BCUT2D eigenvalue weighted by molar-refractivity contribution is 7.91. The lowest BCUT2D eigenvalue weighted by atomic mass is 10.1. The van der Waals surface area contributed by atoms with Gasteiger partial charge in [0.1, 0.15) is 0 Å². The van der Waals surface area contributed by atoms with E-state index in [1.54, 1.807) is 6.07 Å². The summed E-state index contributed by atoms with van der Waals surface area (Å²) in [6.45, 7) is 3.48. The van der Waals surface area contributed by atoms with Gasteiger partial charge in [0, 0.05) is 12.1 Å². The van der Waals surface area contributed by atoms with Gasteiger partial charge in [0.2, 0.25) is 0 Å². The molecule has 1 aromatic carbocycles. The summed E-state index contributed by atoms with van der Waals surface area (Å²) in [4.78, 5) is 23.5. The van der Waals surface area contributed by atoms with Crippen LogP contribution in [0.5, 0.6) is 0 Å². The van der Waals surface area contributed by atoms with Crippen LogP contribution in [0.25, 0.3) is 0 Å². The SMILES string of the molecule is Cc1cccc(NC(=O)COC(=O)C[C@@H]2CCS(=O)(=O)C2)c1C. The van der Waals surface area contributed by atoms with E-state index in [1.807, 2.05) is 26.0 Å². The van der Waals surface area contributed by atoms with E-state index in [1.165, 1.54) is 0 Å². The quantitative estimate of drug-likeness (QED) is 0.823. The molecule has 126 valence electrons. The minimum Gasteiger partial charge on any atom is -0.456 e. The topological polar surface area (TPSA) is 89.5 Å². The molecule has 2 rings (SSSR count). The molecular weight excluding hydrogens is 318 g/mol. The van der Waals surface area contributed by atoms with Crippen molar-refractivity contribution in [1.82, 2.24) is 0 Å². The van der Waals surface area contributed by atoms with Gasteiger partial charge in [-0.1, -0.05) is 12.1 Å². The van der Waals surface area contributed by atoms with Crippen LogP contribution in [0.4, 0.5) is 5.69 Å². The summed E-state index contributed by atoms with van der Waals surface area (Å²) in [7, 11) is -3.01. The second-order valence-corrected chi connectivity index (χ2v) is 8.16. The van der Waals surface area contributed by atoms with Gasteiger partial charge in [0.25, 0.3) is 5.91 Å². The van der Waals surface area contributed by atoms with Gasteiger partial charge in [-0.3, -0.25) is 9.59 Å². The van der Waals surface area contributed by atoms with Crippen molar-refractivity contribution in [2.75, 3.05) is 23.4 Å². The fourth-order valence-corrected chi connectivity index (χ4v) is 4.41. The zero-order valence-electron chi connectivity index (χ0n) is 13.3. The minimum atomic E-state index is -3.01. The van der Waals surface area contributed by atoms with Crippen LogP contribution < -0.4 is 5.32 Å². The molecule has 1 aliphatic rings. The maximum absolute atomic E-state index is 11.8. The fraction of sp³-hybridized carbons (Fsp3) is 0.500. The summed E-state index contributed by atoms with van der Waals surface area (Å²) in [6.07, 6.45) is 0.516. The van der Waals surface area contributed by atoms with Crippen LogP contribution in [-0.4, -0.2) is 38.4 Å². The van der Waals surface area contributed by atoms with Crippen LogP contribution in [0, 0.1) is 19.8 Å². The normalized spacial score (nSPS) is 19.3. The molecule has 1 amide bonds. The van der Waals surface area contributed by atoms with Gasteiger partial charge < -0.3 is 10.1 Å². The average Bonchev–Trinajstić information content (AvgIpc) is 2.81. The first-order valence-corrected chi connectivity index (χ1v) is 9.31. The third-order valence-electron chi connectivity index (χ3n) is 4.03. The highest BCUT2D eigenvalue weighted by atomic mass is 32.2. The van der Waals surface area contributed by atoms with Crippen molar-refractivity contribution in [2.24, 2.45) is 5.92 Å². The second kappa shape index (κ2) is 7.12. The van der Waals surface area contributed by atoms with Crippen LogP contribution in [0.2, 0.25) is 0 Å². The van der Waals surface area contributed by atoms with Crippen LogP contribution in [0.3, 0.4) is 0 Å². The lowest BCUT2D eigenvalue weighted by Crippen LogP contribution is -2.22. The standard InChI is InChI=1S/C16H21NO5S/c1-11-4-3-5-14(12(11)2)17-15(18)9-22-16(19)8-13-6-7-23(20,21)10-13/h3-5,13H,6-10H2,1-2H3,(H,17,18)/t13-/m0/s1. The Hall–Kier alpha value is -1.89. The van der Waals surface area contributed by atoms with Gasteiger partial charge >= 0.3 is 5.97 Å². The van der Waals surface area contributed by atoms with E-state index in [0.29, 0.717) is 12.1 Å². The number of benzene rings is 1. The maximum Gasteiger partial charge on any atom is 0.306 e. The molecule has 6 nitrogen and oxygen atoms in total. The maximum atomic E-state index is 11.8. The molecule has 1 aliphatic heterocycles. The molecule has 1 N–H and O–H groups in total. The highest BCUT2D eigenvalue weighted by Crippen LogP contribution is 2.22. The Morgan fingerprint density at radius 2 is 2.04 bits per heavy atom. The molecule has 0 saturated carbocycles. The first-order chi connectivity index (χ1) is 10.8. The Morgan fingerprint density at radius 1 is 1.30 bits per heavy atom. The molecule has 23 heavy (non-hydrogen) atoms. The molecule has 0 bridgehead atoms. The Labute approximate surface area is 136 Å². The van der Waals surface area contributed by atoms with Crippen molar-refractivity contribution in [3.8, 4) is 0 Å². The van der Waals surface area contributed by atoms with E-state index in [9.17, 15) is 18.0 Å². The lowest BCUT2D eigenvalue weighted by Gasteiger charge is -2.11. The number of sulfone groups is 1. The van der Waals surface area contributed by atoms with E-state index < -0.39 is 21.7 Å². The smallest absolute Gasteiger partial charge is 0.306 e. The second-order valence-electron chi connectivity index (χ2n) is 5.93. The summed E-state index contributed by atoms with van der Waals surface area (Å²) in [5.74, 6) is -1.00. The van der Waals surface area contributed by atoms with Crippen molar-refractivity contribution in [3.63, 3.8) is 0 Å². The van der Waals surface area contributed by atoms with Gasteiger partial charge in [0.05, 0.1) is 11.5 Å². The molecule has 0 unspecified atom stereocenters. The predicted octanol–water partition coefficient (Wildman–Crippen LogP) is 1.61. The van der Waals surface area contributed by atoms with Gasteiger partial charge in [-0.25, -0.2) is 8.42 Å². The van der Waals surface area contributed by atoms with Gasteiger partial charge in [-0.15, -0.1) is 0 Å². The number of carbonyl (C=O) groups is 2. The number of esters is 1. The van der Waals surface area contributed by atoms with E-state index in [0.717, 1.165) is 11.1 Å². The summed E-state index contributed by atoms with van der Waals surface area (Å²) >= 11 is 0. The molecule has 1 saturated heterocycles. The molecule has 7 heteroatoms. The van der Waals surface area contributed by atoms with Gasteiger partial charge in [-0.05, 0) is 43.4 Å². The predicted molar refractivity (Wildman–Crippen MR) is 86.9 cm³/mol. The molecule has 0 aliphatic carbocycles. The van der Waals surface area contributed by atoms with E-state index in [-0.39, 0.29) is 30.5 Å². The number of nitrogens with one attached hydrogen (secondary N) is 1. The number of amides is 1. The van der Waals surface area contributed by atoms with Gasteiger partial charge in [0.15, 0.2) is 16.4 Å². The Bertz CT molecular complexity index is 711. The molecule has 1 fully saturated rings. The van der Waals surface area contributed by atoms with E-state index in [2.05, 4.69) is 5.32 Å². The monoisotopic (exact) mass is 339 g/mol. The van der Waals surface area contributed by atoms with Crippen molar-refractivity contribution in [2.45, 2.75) is 26.7 Å². The fourth-order valence-electron chi connectivity index (χ4n) is 2.55. The molecule has 1 heterocycles. The third-order valence-corrected chi connectivity index (χ3v) is 5.86. The summed E-state index contributed by atoms with van der Waals surface area (Å²) < 4.78 is 27.6. The first-order valence-electron chi connectivity index (χ1n) is 7.49. The average molecular weight is 339 g/mol. The number of rotatable bonds is 5. The van der Waals surface area contributed by atoms with Crippen molar-refractivity contribution < 1.29 is 22.7 Å². The van der Waals surface area contributed by atoms with Crippen LogP contribution in [0.15, 0.2) is 18.2 Å². The molecule has 1 atom stereocenters. The van der Waals surface area contributed by atoms with Crippen molar-refractivity contribution in [1.29, 1.82) is 0 Å². The van der Waals surface area contributed by atoms with E-state index in [4.69, 9.17) is 4.74 Å². The summed E-state index contributed by atoms with van der Waals surface area (Å²) in [5, 5.41) is 2.70. The molecule has 0 radical (unpaired) electrons. The Kier molecular flexibility index (Phi) is 5.41. The lowest BCUT2D eigenvalue weighted by molar-refractivity contribution is -0.148. The molecule has 0 aromatic heterocycles.